The molecule has 0 bridgehead atoms. The summed E-state index contributed by atoms with van der Waals surface area (Å²) in [5, 5.41) is 0. The molecule has 0 N–H and O–H groups in total. The zero-order valence-electron chi connectivity index (χ0n) is 19.4. The van der Waals surface area contributed by atoms with E-state index in [1.165, 1.54) is 51.4 Å². The van der Waals surface area contributed by atoms with Crippen molar-refractivity contribution in [3.8, 4) is 11.5 Å². The van der Waals surface area contributed by atoms with Gasteiger partial charge in [0.05, 0.1) is 5.92 Å². The Labute approximate surface area is 188 Å². The van der Waals surface area contributed by atoms with Gasteiger partial charge in [-0.2, -0.15) is 0 Å². The molecule has 4 rings (SSSR count). The Morgan fingerprint density at radius 3 is 2.13 bits per heavy atom. The van der Waals surface area contributed by atoms with Gasteiger partial charge in [0.1, 0.15) is 18.1 Å². The number of hydrogen-bond acceptors (Lipinski definition) is 3. The lowest BCUT2D eigenvalue weighted by atomic mass is 9.61. The van der Waals surface area contributed by atoms with Gasteiger partial charge >= 0.3 is 5.97 Å². The molecular formula is C28H40O3. The van der Waals surface area contributed by atoms with E-state index in [-0.39, 0.29) is 11.9 Å². The third-order valence-electron chi connectivity index (χ3n) is 8.31. The molecule has 0 aromatic heterocycles. The number of hydrogen-bond donors (Lipinski definition) is 0. The summed E-state index contributed by atoms with van der Waals surface area (Å²) < 4.78 is 11.3. The number of rotatable bonds is 6. The van der Waals surface area contributed by atoms with Crippen molar-refractivity contribution >= 4 is 5.97 Å². The maximum absolute atomic E-state index is 12.7. The van der Waals surface area contributed by atoms with Crippen LogP contribution in [-0.4, -0.2) is 12.6 Å². The standard InChI is InChI=1S/C28H40O3/c1-3-4-17-30-26-13-15-27(16-14-26)31-28(29)22-9-7-21(8-10-22)24-12-11-23-18-20(2)5-6-25(23)19-24/h3-4,13-16,20-25H,5-12,17-19H2,1-2H3/b4-3+. The minimum atomic E-state index is -0.0500. The number of fused-ring (bicyclic) bond motifs is 1. The molecule has 3 aliphatic carbocycles. The Bertz CT molecular complexity index is 729. The van der Waals surface area contributed by atoms with Crippen LogP contribution < -0.4 is 9.47 Å². The van der Waals surface area contributed by atoms with Gasteiger partial charge in [0, 0.05) is 0 Å². The maximum Gasteiger partial charge on any atom is 0.314 e. The zero-order chi connectivity index (χ0) is 21.6. The van der Waals surface area contributed by atoms with Gasteiger partial charge in [0.25, 0.3) is 0 Å². The van der Waals surface area contributed by atoms with Crippen molar-refractivity contribution in [2.24, 2.45) is 35.5 Å². The Balaban J connectivity index is 1.21. The molecular weight excluding hydrogens is 384 g/mol. The van der Waals surface area contributed by atoms with Crippen LogP contribution in [0.25, 0.3) is 0 Å². The Morgan fingerprint density at radius 1 is 0.839 bits per heavy atom. The molecule has 0 amide bonds. The average molecular weight is 425 g/mol. The number of allylic oxidation sites excluding steroid dienone is 1. The van der Waals surface area contributed by atoms with E-state index in [2.05, 4.69) is 6.92 Å². The van der Waals surface area contributed by atoms with E-state index in [1.807, 2.05) is 43.3 Å². The summed E-state index contributed by atoms with van der Waals surface area (Å²) in [7, 11) is 0. The maximum atomic E-state index is 12.7. The van der Waals surface area contributed by atoms with Gasteiger partial charge in [-0.05, 0) is 119 Å². The van der Waals surface area contributed by atoms with Crippen molar-refractivity contribution in [1.82, 2.24) is 0 Å². The van der Waals surface area contributed by atoms with E-state index >= 15 is 0 Å². The van der Waals surface area contributed by atoms with Gasteiger partial charge in [0.15, 0.2) is 0 Å². The minimum absolute atomic E-state index is 0.0500. The molecule has 31 heavy (non-hydrogen) atoms. The van der Waals surface area contributed by atoms with E-state index in [9.17, 15) is 4.79 Å². The summed E-state index contributed by atoms with van der Waals surface area (Å²) in [6.07, 6.45) is 17.0. The van der Waals surface area contributed by atoms with Gasteiger partial charge in [-0.25, -0.2) is 0 Å². The first-order valence-electron chi connectivity index (χ1n) is 12.7. The summed E-state index contributed by atoms with van der Waals surface area (Å²) in [5.41, 5.74) is 0. The summed E-state index contributed by atoms with van der Waals surface area (Å²) in [5.74, 6) is 6.10. The third-order valence-corrected chi connectivity index (χ3v) is 8.31. The highest BCUT2D eigenvalue weighted by Gasteiger charge is 2.38. The van der Waals surface area contributed by atoms with Crippen LogP contribution in [0.3, 0.4) is 0 Å². The smallest absolute Gasteiger partial charge is 0.314 e. The van der Waals surface area contributed by atoms with E-state index in [4.69, 9.17) is 9.47 Å². The van der Waals surface area contributed by atoms with E-state index in [0.717, 1.165) is 48.2 Å². The summed E-state index contributed by atoms with van der Waals surface area (Å²) in [4.78, 5) is 12.7. The summed E-state index contributed by atoms with van der Waals surface area (Å²) in [6.45, 7) is 4.97. The van der Waals surface area contributed by atoms with Gasteiger partial charge in [-0.3, -0.25) is 4.79 Å². The lowest BCUT2D eigenvalue weighted by Gasteiger charge is -2.44. The Morgan fingerprint density at radius 2 is 1.42 bits per heavy atom. The number of benzene rings is 1. The van der Waals surface area contributed by atoms with Crippen LogP contribution in [0.4, 0.5) is 0 Å². The second-order valence-corrected chi connectivity index (χ2v) is 10.4. The molecule has 0 saturated heterocycles. The van der Waals surface area contributed by atoms with Crippen molar-refractivity contribution in [3.05, 3.63) is 36.4 Å². The third kappa shape index (κ3) is 5.93. The minimum Gasteiger partial charge on any atom is -0.490 e. The molecule has 0 radical (unpaired) electrons. The topological polar surface area (TPSA) is 35.5 Å². The molecule has 0 aliphatic heterocycles. The van der Waals surface area contributed by atoms with Crippen LogP contribution in [0.15, 0.2) is 36.4 Å². The van der Waals surface area contributed by atoms with Crippen LogP contribution in [0, 0.1) is 35.5 Å². The molecule has 3 heteroatoms. The van der Waals surface area contributed by atoms with E-state index in [0.29, 0.717) is 12.4 Å². The lowest BCUT2D eigenvalue weighted by molar-refractivity contribution is -0.140. The molecule has 1 aromatic rings. The molecule has 1 aromatic carbocycles. The van der Waals surface area contributed by atoms with Crippen molar-refractivity contribution in [3.63, 3.8) is 0 Å². The largest absolute Gasteiger partial charge is 0.490 e. The number of carbonyl (C=O) groups is 1. The molecule has 170 valence electrons. The van der Waals surface area contributed by atoms with Crippen LogP contribution >= 0.6 is 0 Å². The highest BCUT2D eigenvalue weighted by molar-refractivity contribution is 5.75. The zero-order valence-corrected chi connectivity index (χ0v) is 19.4. The highest BCUT2D eigenvalue weighted by Crippen LogP contribution is 2.49. The van der Waals surface area contributed by atoms with Crippen molar-refractivity contribution < 1.29 is 14.3 Å². The van der Waals surface area contributed by atoms with Crippen LogP contribution in [0.1, 0.15) is 78.1 Å². The van der Waals surface area contributed by atoms with Gasteiger partial charge in [-0.1, -0.05) is 25.5 Å². The monoisotopic (exact) mass is 424 g/mol. The predicted octanol–water partition coefficient (Wildman–Crippen LogP) is 7.21. The molecule has 4 unspecified atom stereocenters. The normalized spacial score (nSPS) is 33.6. The molecule has 3 saturated carbocycles. The summed E-state index contributed by atoms with van der Waals surface area (Å²) in [6, 6.07) is 7.40. The first-order valence-corrected chi connectivity index (χ1v) is 12.7. The Kier molecular flexibility index (Phi) is 7.74. The quantitative estimate of drug-likeness (QED) is 0.275. The fourth-order valence-electron chi connectivity index (χ4n) is 6.46. The first-order chi connectivity index (χ1) is 15.1. The van der Waals surface area contributed by atoms with E-state index in [1.54, 1.807) is 0 Å². The molecule has 4 atom stereocenters. The van der Waals surface area contributed by atoms with Crippen LogP contribution in [-0.2, 0) is 4.79 Å². The van der Waals surface area contributed by atoms with Gasteiger partial charge < -0.3 is 9.47 Å². The summed E-state index contributed by atoms with van der Waals surface area (Å²) >= 11 is 0. The fraction of sp³-hybridized carbons (Fsp3) is 0.679. The number of carbonyl (C=O) groups excluding carboxylic acids is 1. The van der Waals surface area contributed by atoms with Crippen molar-refractivity contribution in [1.29, 1.82) is 0 Å². The molecule has 3 fully saturated rings. The number of ether oxygens (including phenoxy) is 2. The first kappa shape index (κ1) is 22.4. The molecule has 3 nitrogen and oxygen atoms in total. The van der Waals surface area contributed by atoms with Crippen LogP contribution in [0.5, 0.6) is 11.5 Å². The second-order valence-electron chi connectivity index (χ2n) is 10.4. The number of esters is 1. The van der Waals surface area contributed by atoms with Crippen LogP contribution in [0.2, 0.25) is 0 Å². The average Bonchev–Trinajstić information content (AvgIpc) is 2.80. The fourth-order valence-corrected chi connectivity index (χ4v) is 6.46. The highest BCUT2D eigenvalue weighted by atomic mass is 16.5. The molecule has 3 aliphatic rings. The van der Waals surface area contributed by atoms with Gasteiger partial charge in [-0.15, -0.1) is 0 Å². The predicted molar refractivity (Wildman–Crippen MR) is 125 cm³/mol. The van der Waals surface area contributed by atoms with Gasteiger partial charge in [0.2, 0.25) is 0 Å². The Hall–Kier alpha value is -1.77. The SMILES string of the molecule is C/C=C/COc1ccc(OC(=O)C2CCC(C3CCC4CC(C)CCC4C3)CC2)cc1. The van der Waals surface area contributed by atoms with Crippen molar-refractivity contribution in [2.45, 2.75) is 78.1 Å². The molecule has 0 spiro atoms. The van der Waals surface area contributed by atoms with Crippen molar-refractivity contribution in [2.75, 3.05) is 6.61 Å². The second kappa shape index (κ2) is 10.7. The molecule has 0 heterocycles. The lowest BCUT2D eigenvalue weighted by Crippen LogP contribution is -2.35. The van der Waals surface area contributed by atoms with E-state index < -0.39 is 0 Å².